The van der Waals surface area contributed by atoms with E-state index in [1.807, 2.05) is 29.6 Å². The summed E-state index contributed by atoms with van der Waals surface area (Å²) in [4.78, 5) is 19.1. The fourth-order valence-corrected chi connectivity index (χ4v) is 3.56. The molecule has 5 nitrogen and oxygen atoms in total. The molecule has 3 rings (SSSR count). The molecule has 0 unspecified atom stereocenters. The van der Waals surface area contributed by atoms with Crippen molar-refractivity contribution in [3.05, 3.63) is 40.1 Å². The van der Waals surface area contributed by atoms with Gasteiger partial charge in [-0.2, -0.15) is 0 Å². The number of aryl methyl sites for hydroxylation is 2. The zero-order valence-electron chi connectivity index (χ0n) is 13.0. The van der Waals surface area contributed by atoms with Gasteiger partial charge in [-0.1, -0.05) is 6.92 Å². The predicted molar refractivity (Wildman–Crippen MR) is 85.9 cm³/mol. The minimum absolute atomic E-state index is 0.00877. The van der Waals surface area contributed by atoms with Crippen LogP contribution in [0, 0.1) is 0 Å². The third-order valence-corrected chi connectivity index (χ3v) is 5.05. The molecule has 6 heteroatoms. The number of hydrogen-bond donors (Lipinski definition) is 0. The first kappa shape index (κ1) is 15.2. The van der Waals surface area contributed by atoms with Gasteiger partial charge < -0.3 is 14.2 Å². The Morgan fingerprint density at radius 3 is 3.09 bits per heavy atom. The van der Waals surface area contributed by atoms with Gasteiger partial charge in [-0.15, -0.1) is 11.3 Å². The van der Waals surface area contributed by atoms with E-state index in [-0.39, 0.29) is 11.9 Å². The van der Waals surface area contributed by atoms with Crippen molar-refractivity contribution in [3.63, 3.8) is 0 Å². The van der Waals surface area contributed by atoms with Gasteiger partial charge >= 0.3 is 0 Å². The van der Waals surface area contributed by atoms with Crippen LogP contribution >= 0.6 is 11.3 Å². The topological polar surface area (TPSA) is 47.4 Å². The molecule has 1 fully saturated rings. The third-order valence-electron chi connectivity index (χ3n) is 4.01. The molecule has 1 saturated heterocycles. The lowest BCUT2D eigenvalue weighted by Crippen LogP contribution is -2.44. The normalized spacial score (nSPS) is 18.6. The Hall–Kier alpha value is -1.66. The van der Waals surface area contributed by atoms with Gasteiger partial charge in [-0.3, -0.25) is 4.79 Å². The predicted octanol–water partition coefficient (Wildman–Crippen LogP) is 2.19. The summed E-state index contributed by atoms with van der Waals surface area (Å²) in [5.41, 5.74) is 1.99. The summed E-state index contributed by atoms with van der Waals surface area (Å²) in [6.45, 7) is 3.88. The van der Waals surface area contributed by atoms with Crippen LogP contribution in [0.2, 0.25) is 0 Å². The molecule has 0 saturated carbocycles. The average molecular weight is 319 g/mol. The number of amides is 1. The molecule has 2 aromatic rings. The van der Waals surface area contributed by atoms with Crippen LogP contribution in [0.3, 0.4) is 0 Å². The molecule has 0 spiro atoms. The molecule has 0 bridgehead atoms. The Labute approximate surface area is 134 Å². The van der Waals surface area contributed by atoms with Gasteiger partial charge in [-0.05, 0) is 18.6 Å². The minimum Gasteiger partial charge on any atom is -0.377 e. The van der Waals surface area contributed by atoms with E-state index in [0.29, 0.717) is 26.2 Å². The van der Waals surface area contributed by atoms with Gasteiger partial charge in [0.05, 0.1) is 36.4 Å². The van der Waals surface area contributed by atoms with Crippen LogP contribution in [0.1, 0.15) is 29.4 Å². The van der Waals surface area contributed by atoms with Gasteiger partial charge in [0, 0.05) is 30.9 Å². The molecule has 22 heavy (non-hydrogen) atoms. The van der Waals surface area contributed by atoms with Crippen LogP contribution in [-0.4, -0.2) is 40.1 Å². The number of carbonyl (C=O) groups is 1. The Kier molecular flexibility index (Phi) is 4.59. The molecule has 0 aromatic carbocycles. The molecule has 0 N–H and O–H groups in total. The summed E-state index contributed by atoms with van der Waals surface area (Å²) >= 11 is 1.63. The smallest absolute Gasteiger partial charge is 0.229 e. The lowest BCUT2D eigenvalue weighted by atomic mass is 10.1. The van der Waals surface area contributed by atoms with Crippen LogP contribution < -0.4 is 0 Å². The first-order valence-corrected chi connectivity index (χ1v) is 8.48. The van der Waals surface area contributed by atoms with Crippen LogP contribution in [-0.2, 0) is 29.4 Å². The van der Waals surface area contributed by atoms with Crippen LogP contribution in [0.4, 0.5) is 0 Å². The maximum Gasteiger partial charge on any atom is 0.229 e. The van der Waals surface area contributed by atoms with Crippen LogP contribution in [0.5, 0.6) is 0 Å². The van der Waals surface area contributed by atoms with Crippen LogP contribution in [0.15, 0.2) is 23.7 Å². The quantitative estimate of drug-likeness (QED) is 0.868. The van der Waals surface area contributed by atoms with Gasteiger partial charge in [0.1, 0.15) is 0 Å². The van der Waals surface area contributed by atoms with Gasteiger partial charge in [0.2, 0.25) is 5.91 Å². The molecule has 0 aliphatic carbocycles. The van der Waals surface area contributed by atoms with Crippen LogP contribution in [0.25, 0.3) is 0 Å². The zero-order chi connectivity index (χ0) is 15.5. The summed E-state index contributed by atoms with van der Waals surface area (Å²) in [5.74, 6) is 0.127. The Bertz CT molecular complexity index is 649. The highest BCUT2D eigenvalue weighted by Gasteiger charge is 2.30. The number of morpholine rings is 1. The van der Waals surface area contributed by atoms with Crippen molar-refractivity contribution in [1.82, 2.24) is 14.5 Å². The van der Waals surface area contributed by atoms with Crippen molar-refractivity contribution in [2.24, 2.45) is 7.05 Å². The molecule has 3 heterocycles. The summed E-state index contributed by atoms with van der Waals surface area (Å²) in [7, 11) is 2.00. The van der Waals surface area contributed by atoms with Crippen molar-refractivity contribution in [3.8, 4) is 0 Å². The van der Waals surface area contributed by atoms with E-state index in [9.17, 15) is 4.79 Å². The summed E-state index contributed by atoms with van der Waals surface area (Å²) in [6, 6.07) is 4.05. The molecule has 1 aliphatic rings. The van der Waals surface area contributed by atoms with E-state index in [1.54, 1.807) is 11.3 Å². The third kappa shape index (κ3) is 3.08. The molecule has 1 aliphatic heterocycles. The van der Waals surface area contributed by atoms with E-state index in [4.69, 9.17) is 4.74 Å². The number of rotatable bonds is 4. The maximum absolute atomic E-state index is 12.7. The summed E-state index contributed by atoms with van der Waals surface area (Å²) in [6.07, 6.45) is 3.29. The van der Waals surface area contributed by atoms with Crippen molar-refractivity contribution in [2.75, 3.05) is 19.8 Å². The Morgan fingerprint density at radius 2 is 2.41 bits per heavy atom. The Morgan fingerprint density at radius 1 is 1.55 bits per heavy atom. The zero-order valence-corrected chi connectivity index (χ0v) is 13.8. The average Bonchev–Trinajstić information content (AvgIpc) is 3.16. The number of aromatic nitrogens is 2. The summed E-state index contributed by atoms with van der Waals surface area (Å²) in [5, 5.41) is 3.08. The largest absolute Gasteiger partial charge is 0.377 e. The van der Waals surface area contributed by atoms with Crippen molar-refractivity contribution in [2.45, 2.75) is 25.8 Å². The summed E-state index contributed by atoms with van der Waals surface area (Å²) < 4.78 is 7.65. The molecular formula is C16H21N3O2S. The van der Waals surface area contributed by atoms with Gasteiger partial charge in [0.15, 0.2) is 0 Å². The van der Waals surface area contributed by atoms with Gasteiger partial charge in [0.25, 0.3) is 0 Å². The minimum atomic E-state index is -0.00877. The molecule has 1 amide bonds. The molecule has 0 radical (unpaired) electrons. The first-order chi connectivity index (χ1) is 10.7. The fourth-order valence-electron chi connectivity index (χ4n) is 2.82. The van der Waals surface area contributed by atoms with E-state index in [2.05, 4.69) is 22.5 Å². The van der Waals surface area contributed by atoms with E-state index >= 15 is 0 Å². The van der Waals surface area contributed by atoms with Crippen molar-refractivity contribution >= 4 is 17.2 Å². The van der Waals surface area contributed by atoms with Crippen molar-refractivity contribution in [1.29, 1.82) is 0 Å². The number of hydrogen-bond acceptors (Lipinski definition) is 4. The van der Waals surface area contributed by atoms with E-state index < -0.39 is 0 Å². The highest BCUT2D eigenvalue weighted by atomic mass is 32.1. The maximum atomic E-state index is 12.7. The second-order valence-electron chi connectivity index (χ2n) is 5.48. The molecule has 118 valence electrons. The second-order valence-corrected chi connectivity index (χ2v) is 6.43. The molecule has 1 atom stereocenters. The first-order valence-electron chi connectivity index (χ1n) is 7.60. The van der Waals surface area contributed by atoms with E-state index in [0.717, 1.165) is 22.8 Å². The number of carbonyl (C=O) groups excluding carboxylic acids is 1. The fraction of sp³-hybridized carbons (Fsp3) is 0.500. The SMILES string of the molecule is CCc1nc(CC(=O)N2CCOC[C@H]2c2cccn2C)cs1. The van der Waals surface area contributed by atoms with E-state index in [1.165, 1.54) is 0 Å². The lowest BCUT2D eigenvalue weighted by Gasteiger charge is -2.36. The monoisotopic (exact) mass is 319 g/mol. The highest BCUT2D eigenvalue weighted by Crippen LogP contribution is 2.25. The lowest BCUT2D eigenvalue weighted by molar-refractivity contribution is -0.139. The number of nitrogens with zero attached hydrogens (tertiary/aromatic N) is 3. The Balaban J connectivity index is 1.75. The van der Waals surface area contributed by atoms with Gasteiger partial charge in [-0.25, -0.2) is 4.98 Å². The standard InChI is InChI=1S/C16H21N3O2S/c1-3-15-17-12(11-22-15)9-16(20)19-7-8-21-10-14(19)13-5-4-6-18(13)2/h4-6,11,14H,3,7-10H2,1-2H3/t14-/m0/s1. The number of ether oxygens (including phenoxy) is 1. The molecular weight excluding hydrogens is 298 g/mol. The number of thiazole rings is 1. The van der Waals surface area contributed by atoms with Crippen molar-refractivity contribution < 1.29 is 9.53 Å². The second kappa shape index (κ2) is 6.62. The molecule has 2 aromatic heterocycles. The highest BCUT2D eigenvalue weighted by molar-refractivity contribution is 7.09.